The number of hydrogen-bond acceptors (Lipinski definition) is 9. The Bertz CT molecular complexity index is 897. The van der Waals surface area contributed by atoms with E-state index >= 15 is 0 Å². The summed E-state index contributed by atoms with van der Waals surface area (Å²) in [5.74, 6) is -3.74. The van der Waals surface area contributed by atoms with E-state index in [2.05, 4.69) is 10.2 Å². The molecule has 1 aliphatic heterocycles. The van der Waals surface area contributed by atoms with E-state index in [0.29, 0.717) is 0 Å². The van der Waals surface area contributed by atoms with E-state index in [1.54, 1.807) is 13.8 Å². The average molecular weight is 424 g/mol. The van der Waals surface area contributed by atoms with Crippen molar-refractivity contribution in [2.24, 2.45) is 16.1 Å². The number of rotatable bonds is 8. The van der Waals surface area contributed by atoms with Gasteiger partial charge in [-0.1, -0.05) is 16.8 Å². The molecule has 29 heavy (non-hydrogen) atoms. The van der Waals surface area contributed by atoms with Crippen LogP contribution in [0.4, 0.5) is 5.69 Å². The number of nitroso groups, excluding NO2 is 1. The molecule has 2 atom stereocenters. The number of benzene rings is 1. The number of aliphatic imine (C=N–C) groups is 1. The molecule has 0 saturated heterocycles. The highest BCUT2D eigenvalue weighted by Crippen LogP contribution is 2.42. The summed E-state index contributed by atoms with van der Waals surface area (Å²) in [4.78, 5) is 50.7. The van der Waals surface area contributed by atoms with Crippen molar-refractivity contribution in [1.29, 1.82) is 0 Å². The van der Waals surface area contributed by atoms with Gasteiger partial charge in [-0.25, -0.2) is 4.79 Å². The van der Waals surface area contributed by atoms with Crippen molar-refractivity contribution in [2.75, 3.05) is 19.8 Å². The van der Waals surface area contributed by atoms with Crippen molar-refractivity contribution in [2.45, 2.75) is 19.8 Å². The maximum Gasteiger partial charge on any atom is 0.336 e. The van der Waals surface area contributed by atoms with E-state index < -0.39 is 35.2 Å². The van der Waals surface area contributed by atoms with Gasteiger partial charge in [-0.05, 0) is 25.5 Å². The van der Waals surface area contributed by atoms with E-state index in [-0.39, 0.29) is 40.8 Å². The van der Waals surface area contributed by atoms with Gasteiger partial charge < -0.3 is 9.47 Å². The highest BCUT2D eigenvalue weighted by atomic mass is 35.5. The summed E-state index contributed by atoms with van der Waals surface area (Å²) in [6, 6.07) is 3.66. The lowest BCUT2D eigenvalue weighted by Crippen LogP contribution is -2.33. The van der Waals surface area contributed by atoms with Crippen LogP contribution >= 0.6 is 11.6 Å². The normalized spacial score (nSPS) is 18.3. The minimum absolute atomic E-state index is 0.00780. The van der Waals surface area contributed by atoms with Gasteiger partial charge in [0.2, 0.25) is 0 Å². The zero-order chi connectivity index (χ0) is 21.6. The predicted molar refractivity (Wildman–Crippen MR) is 104 cm³/mol. The van der Waals surface area contributed by atoms with Crippen LogP contribution < -0.4 is 0 Å². The number of carbonyl (C=O) groups is 2. The fourth-order valence-electron chi connectivity index (χ4n) is 2.99. The molecule has 0 fully saturated rings. The number of hydrogen-bond donors (Lipinski definition) is 0. The van der Waals surface area contributed by atoms with Crippen LogP contribution in [0.2, 0.25) is 5.02 Å². The Balaban J connectivity index is 2.75. The lowest BCUT2D eigenvalue weighted by molar-refractivity contribution is -0.384. The minimum Gasteiger partial charge on any atom is -0.465 e. The molecule has 0 N–H and O–H groups in total. The number of esters is 2. The molecule has 1 aromatic rings. The summed E-state index contributed by atoms with van der Waals surface area (Å²) in [7, 11) is 0. The van der Waals surface area contributed by atoms with Crippen LogP contribution in [-0.2, 0) is 19.1 Å². The van der Waals surface area contributed by atoms with Crippen LogP contribution in [0.25, 0.3) is 0 Å². The van der Waals surface area contributed by atoms with Gasteiger partial charge in [0.15, 0.2) is 0 Å². The van der Waals surface area contributed by atoms with Gasteiger partial charge in [-0.2, -0.15) is 4.91 Å². The third-order valence-corrected chi connectivity index (χ3v) is 4.51. The van der Waals surface area contributed by atoms with E-state index in [4.69, 9.17) is 21.1 Å². The molecule has 1 heterocycles. The first-order valence-electron chi connectivity index (χ1n) is 8.69. The van der Waals surface area contributed by atoms with Gasteiger partial charge in [0.25, 0.3) is 5.69 Å². The summed E-state index contributed by atoms with van der Waals surface area (Å²) in [6.45, 7) is 2.83. The summed E-state index contributed by atoms with van der Waals surface area (Å²) >= 11 is 6.27. The number of non-ortho nitro benzene ring substituents is 1. The Morgan fingerprint density at radius 1 is 1.28 bits per heavy atom. The van der Waals surface area contributed by atoms with Gasteiger partial charge in [-0.3, -0.25) is 19.9 Å². The molecule has 0 saturated carbocycles. The van der Waals surface area contributed by atoms with Crippen LogP contribution in [0.15, 0.2) is 39.6 Å². The zero-order valence-electron chi connectivity index (χ0n) is 15.7. The Labute approximate surface area is 170 Å². The third kappa shape index (κ3) is 4.83. The van der Waals surface area contributed by atoms with Crippen molar-refractivity contribution >= 4 is 35.4 Å². The molecule has 0 aliphatic carbocycles. The minimum atomic E-state index is -1.11. The van der Waals surface area contributed by atoms with E-state index in [9.17, 15) is 24.6 Å². The second-order valence-electron chi connectivity index (χ2n) is 5.86. The highest BCUT2D eigenvalue weighted by molar-refractivity contribution is 6.31. The maximum absolute atomic E-state index is 12.7. The van der Waals surface area contributed by atoms with Crippen LogP contribution in [-0.4, -0.2) is 42.8 Å². The van der Waals surface area contributed by atoms with Gasteiger partial charge in [0.1, 0.15) is 12.5 Å². The molecule has 1 aliphatic rings. The molecular formula is C18H18ClN3O7. The standard InChI is InChI=1S/C18H18ClN3O7/c1-3-28-17(23)12-8-20-14(9-21-25)16(18(24)29-4-2)15(12)11-7-10(22(26)27)5-6-13(11)19/h5-8,12,15H,3-4,9H2,1-2H3. The first-order valence-corrected chi connectivity index (χ1v) is 9.07. The molecular weight excluding hydrogens is 406 g/mol. The molecule has 2 rings (SSSR count). The molecule has 1 aromatic carbocycles. The molecule has 0 radical (unpaired) electrons. The van der Waals surface area contributed by atoms with Crippen molar-refractivity contribution in [3.63, 3.8) is 0 Å². The Hall–Kier alpha value is -3.14. The van der Waals surface area contributed by atoms with Gasteiger partial charge in [0.05, 0.1) is 29.4 Å². The van der Waals surface area contributed by atoms with E-state index in [1.165, 1.54) is 24.4 Å². The predicted octanol–water partition coefficient (Wildman–Crippen LogP) is 3.18. The Morgan fingerprint density at radius 2 is 1.97 bits per heavy atom. The highest BCUT2D eigenvalue weighted by Gasteiger charge is 2.41. The fraction of sp³-hybridized carbons (Fsp3) is 0.389. The first-order chi connectivity index (χ1) is 13.8. The molecule has 0 bridgehead atoms. The molecule has 0 amide bonds. The topological polar surface area (TPSA) is 138 Å². The summed E-state index contributed by atoms with van der Waals surface area (Å²) < 4.78 is 10.1. The van der Waals surface area contributed by atoms with Crippen molar-refractivity contribution in [3.05, 3.63) is 55.1 Å². The molecule has 2 unspecified atom stereocenters. The molecule has 11 heteroatoms. The quantitative estimate of drug-likeness (QED) is 0.271. The Morgan fingerprint density at radius 3 is 2.55 bits per heavy atom. The Kier molecular flexibility index (Phi) is 7.54. The number of nitro groups is 1. The lowest BCUT2D eigenvalue weighted by Gasteiger charge is -2.29. The number of halogens is 1. The third-order valence-electron chi connectivity index (χ3n) is 4.17. The van der Waals surface area contributed by atoms with Crippen LogP contribution in [0.3, 0.4) is 0 Å². The second-order valence-corrected chi connectivity index (χ2v) is 6.27. The lowest BCUT2D eigenvalue weighted by atomic mass is 9.78. The molecule has 10 nitrogen and oxygen atoms in total. The maximum atomic E-state index is 12.7. The van der Waals surface area contributed by atoms with Gasteiger partial charge in [-0.15, -0.1) is 0 Å². The number of ether oxygens (including phenoxy) is 2. The second kappa shape index (κ2) is 9.87. The number of nitro benzene ring substituents is 1. The van der Waals surface area contributed by atoms with E-state index in [1.807, 2.05) is 0 Å². The average Bonchev–Trinajstić information content (AvgIpc) is 2.68. The monoisotopic (exact) mass is 423 g/mol. The van der Waals surface area contributed by atoms with Crippen LogP contribution in [0.1, 0.15) is 25.3 Å². The largest absolute Gasteiger partial charge is 0.465 e. The first kappa shape index (κ1) is 22.2. The molecule has 0 aromatic heterocycles. The van der Waals surface area contributed by atoms with Gasteiger partial charge >= 0.3 is 11.9 Å². The van der Waals surface area contributed by atoms with E-state index in [0.717, 1.165) is 0 Å². The zero-order valence-corrected chi connectivity index (χ0v) is 16.4. The van der Waals surface area contributed by atoms with Crippen LogP contribution in [0.5, 0.6) is 0 Å². The van der Waals surface area contributed by atoms with Crippen molar-refractivity contribution < 1.29 is 24.0 Å². The summed E-state index contributed by atoms with van der Waals surface area (Å²) in [5, 5.41) is 14.1. The van der Waals surface area contributed by atoms with Crippen molar-refractivity contribution in [3.8, 4) is 0 Å². The van der Waals surface area contributed by atoms with Crippen molar-refractivity contribution in [1.82, 2.24) is 0 Å². The molecule has 0 spiro atoms. The molecule has 154 valence electrons. The van der Waals surface area contributed by atoms with Gasteiger partial charge in [0, 0.05) is 29.3 Å². The SMILES string of the molecule is CCOC(=O)C1=C(CN=O)N=CC(C(=O)OCC)C1c1cc([N+](=O)[O-])ccc1Cl. The smallest absolute Gasteiger partial charge is 0.336 e. The summed E-state index contributed by atoms with van der Waals surface area (Å²) in [5.41, 5.74) is -0.273. The fourth-order valence-corrected chi connectivity index (χ4v) is 3.23. The number of nitrogens with zero attached hydrogens (tertiary/aromatic N) is 3. The van der Waals surface area contributed by atoms with Crippen LogP contribution in [0, 0.1) is 20.9 Å². The number of carbonyl (C=O) groups excluding carboxylic acids is 2. The summed E-state index contributed by atoms with van der Waals surface area (Å²) in [6.07, 6.45) is 1.22.